The van der Waals surface area contributed by atoms with Gasteiger partial charge >= 0.3 is 0 Å². The second-order valence-corrected chi connectivity index (χ2v) is 14.1. The molecule has 0 fully saturated rings. The van der Waals surface area contributed by atoms with Crippen molar-refractivity contribution < 1.29 is 0 Å². The van der Waals surface area contributed by atoms with E-state index < -0.39 is 8.24 Å². The molecule has 1 aromatic heterocycles. The van der Waals surface area contributed by atoms with E-state index in [1.165, 1.54) is 16.1 Å². The molecule has 1 unspecified atom stereocenters. The van der Waals surface area contributed by atoms with E-state index in [0.717, 1.165) is 23.0 Å². The molecule has 1 heterocycles. The van der Waals surface area contributed by atoms with Gasteiger partial charge in [0.15, 0.2) is 8.24 Å². The summed E-state index contributed by atoms with van der Waals surface area (Å²) >= 11 is 0. The van der Waals surface area contributed by atoms with Gasteiger partial charge in [0, 0.05) is 5.35 Å². The second kappa shape index (κ2) is 6.84. The average molecular weight is 330 g/mol. The van der Waals surface area contributed by atoms with Gasteiger partial charge in [-0.25, -0.2) is 0 Å². The van der Waals surface area contributed by atoms with Gasteiger partial charge in [-0.2, -0.15) is 0 Å². The van der Waals surface area contributed by atoms with Crippen LogP contribution in [0, 0.1) is 5.92 Å². The van der Waals surface area contributed by atoms with Crippen molar-refractivity contribution in [3.63, 3.8) is 0 Å². The molecule has 2 rings (SSSR count). The van der Waals surface area contributed by atoms with Crippen molar-refractivity contribution in [1.29, 1.82) is 0 Å². The van der Waals surface area contributed by atoms with Crippen LogP contribution in [0.4, 0.5) is 0 Å². The lowest BCUT2D eigenvalue weighted by Crippen LogP contribution is -2.57. The monoisotopic (exact) mass is 329 g/mol. The van der Waals surface area contributed by atoms with Crippen molar-refractivity contribution in [2.75, 3.05) is 0 Å². The summed E-state index contributed by atoms with van der Waals surface area (Å²) in [5, 5.41) is 2.89. The van der Waals surface area contributed by atoms with Gasteiger partial charge in [-0.1, -0.05) is 72.3 Å². The molecule has 0 amide bonds. The van der Waals surface area contributed by atoms with Crippen LogP contribution in [0.1, 0.15) is 61.8 Å². The highest BCUT2D eigenvalue weighted by Crippen LogP contribution is 2.41. The van der Waals surface area contributed by atoms with Crippen molar-refractivity contribution in [2.45, 2.75) is 78.4 Å². The minimum absolute atomic E-state index is 0.621. The lowest BCUT2D eigenvalue weighted by molar-refractivity contribution is 0.744. The summed E-state index contributed by atoms with van der Waals surface area (Å²) < 4.78 is 2.74. The van der Waals surface area contributed by atoms with E-state index in [2.05, 4.69) is 90.1 Å². The highest BCUT2D eigenvalue weighted by molar-refractivity contribution is 6.82. The molecular formula is C21H35NSi. The fourth-order valence-electron chi connectivity index (χ4n) is 5.08. The van der Waals surface area contributed by atoms with E-state index in [-0.39, 0.29) is 0 Å². The molecule has 2 heteroatoms. The van der Waals surface area contributed by atoms with Gasteiger partial charge in [-0.05, 0) is 53.4 Å². The number of nitrogens with zero attached hydrogens (tertiary/aromatic N) is 1. The Balaban J connectivity index is 2.80. The molecule has 0 saturated carbocycles. The minimum atomic E-state index is -1.67. The van der Waals surface area contributed by atoms with E-state index in [9.17, 15) is 0 Å². The third kappa shape index (κ3) is 3.15. The third-order valence-corrected chi connectivity index (χ3v) is 12.5. The number of hydrogen-bond donors (Lipinski definition) is 0. The van der Waals surface area contributed by atoms with Crippen LogP contribution in [0.15, 0.2) is 23.9 Å². The zero-order chi connectivity index (χ0) is 17.4. The molecule has 0 aromatic carbocycles. The van der Waals surface area contributed by atoms with Gasteiger partial charge in [0.1, 0.15) is 0 Å². The highest BCUT2D eigenvalue weighted by Gasteiger charge is 2.45. The molecule has 1 aliphatic rings. The fourth-order valence-corrected chi connectivity index (χ4v) is 11.7. The van der Waals surface area contributed by atoms with Gasteiger partial charge < -0.3 is 4.23 Å². The molecule has 1 aliphatic carbocycles. The summed E-state index contributed by atoms with van der Waals surface area (Å²) in [5.74, 6) is 0.621. The average Bonchev–Trinajstić information content (AvgIpc) is 2.76. The highest BCUT2D eigenvalue weighted by atomic mass is 28.3. The molecule has 0 radical (unpaired) electrons. The lowest BCUT2D eigenvalue weighted by Gasteiger charge is -2.44. The van der Waals surface area contributed by atoms with Crippen molar-refractivity contribution in [3.8, 4) is 0 Å². The van der Waals surface area contributed by atoms with Crippen LogP contribution in [0.3, 0.4) is 0 Å². The zero-order valence-corrected chi connectivity index (χ0v) is 17.4. The number of hydrogen-bond acceptors (Lipinski definition) is 0. The Morgan fingerprint density at radius 1 is 1.04 bits per heavy atom. The van der Waals surface area contributed by atoms with Crippen LogP contribution < -0.4 is 10.6 Å². The molecule has 0 bridgehead atoms. The quantitative estimate of drug-likeness (QED) is 0.681. The summed E-state index contributed by atoms with van der Waals surface area (Å²) in [5.41, 5.74) is 3.58. The molecule has 23 heavy (non-hydrogen) atoms. The summed E-state index contributed by atoms with van der Waals surface area (Å²) in [7, 11) is -1.67. The standard InChI is InChI=1S/C21H35NSi/c1-15(2)23(16(3)4,17(5)6)22-12-11-20-14-19(8)13-18(7)9-10-21(20)22/h10-18H,9H2,1-8H3. The summed E-state index contributed by atoms with van der Waals surface area (Å²) in [6.45, 7) is 19.2. The predicted octanol–water partition coefficient (Wildman–Crippen LogP) is 5.06. The molecule has 0 saturated heterocycles. The fraction of sp³-hybridized carbons (Fsp3) is 0.619. The van der Waals surface area contributed by atoms with Crippen LogP contribution in [0.25, 0.3) is 12.2 Å². The van der Waals surface area contributed by atoms with Crippen LogP contribution >= 0.6 is 0 Å². The molecule has 1 nitrogen and oxygen atoms in total. The van der Waals surface area contributed by atoms with Crippen molar-refractivity contribution in [2.24, 2.45) is 5.92 Å². The largest absolute Gasteiger partial charge is 0.373 e. The molecule has 0 aliphatic heterocycles. The van der Waals surface area contributed by atoms with Crippen LogP contribution in [-0.4, -0.2) is 12.5 Å². The van der Waals surface area contributed by atoms with Gasteiger partial charge in [0.2, 0.25) is 0 Å². The van der Waals surface area contributed by atoms with Gasteiger partial charge in [0.05, 0.1) is 0 Å². The minimum Gasteiger partial charge on any atom is -0.373 e. The van der Waals surface area contributed by atoms with Gasteiger partial charge in [-0.15, -0.1) is 0 Å². The van der Waals surface area contributed by atoms with E-state index in [1.807, 2.05) is 0 Å². The smallest absolute Gasteiger partial charge is 0.169 e. The Morgan fingerprint density at radius 2 is 1.61 bits per heavy atom. The van der Waals surface area contributed by atoms with Crippen LogP contribution in [0.5, 0.6) is 0 Å². The Hall–Kier alpha value is -1.02. The van der Waals surface area contributed by atoms with E-state index in [4.69, 9.17) is 0 Å². The SMILES string of the molecule is CC1=CC(C)CC=c2c(ccn2[Si](C(C)C)(C(C)C)C(C)C)=C1. The Bertz CT molecular complexity index is 666. The second-order valence-electron chi connectivity index (χ2n) is 8.35. The van der Waals surface area contributed by atoms with Crippen LogP contribution in [0.2, 0.25) is 16.6 Å². The molecular weight excluding hydrogens is 294 g/mol. The maximum Gasteiger partial charge on any atom is 0.169 e. The lowest BCUT2D eigenvalue weighted by atomic mass is 10.0. The number of aromatic nitrogens is 1. The maximum atomic E-state index is 2.74. The first-order valence-electron chi connectivity index (χ1n) is 9.29. The van der Waals surface area contributed by atoms with Crippen molar-refractivity contribution in [3.05, 3.63) is 34.5 Å². The summed E-state index contributed by atoms with van der Waals surface area (Å²) in [6.07, 6.45) is 10.8. The van der Waals surface area contributed by atoms with E-state index >= 15 is 0 Å². The Kier molecular flexibility index (Phi) is 5.45. The summed E-state index contributed by atoms with van der Waals surface area (Å²) in [6, 6.07) is 2.34. The number of fused-ring (bicyclic) bond motifs is 1. The van der Waals surface area contributed by atoms with Gasteiger partial charge in [-0.3, -0.25) is 0 Å². The molecule has 1 aromatic rings. The Morgan fingerprint density at radius 3 is 2.13 bits per heavy atom. The Labute approximate surface area is 143 Å². The first kappa shape index (κ1) is 18.3. The van der Waals surface area contributed by atoms with Crippen molar-refractivity contribution >= 4 is 20.4 Å². The molecule has 0 N–H and O–H groups in total. The maximum absolute atomic E-state index is 2.74. The topological polar surface area (TPSA) is 4.93 Å². The molecule has 1 atom stereocenters. The van der Waals surface area contributed by atoms with Crippen molar-refractivity contribution in [1.82, 2.24) is 4.23 Å². The molecule has 128 valence electrons. The van der Waals surface area contributed by atoms with Gasteiger partial charge in [0.25, 0.3) is 0 Å². The zero-order valence-electron chi connectivity index (χ0n) is 16.4. The third-order valence-electron chi connectivity index (χ3n) is 5.76. The first-order chi connectivity index (χ1) is 10.7. The summed E-state index contributed by atoms with van der Waals surface area (Å²) in [4.78, 5) is 0. The molecule has 0 spiro atoms. The van der Waals surface area contributed by atoms with E-state index in [1.54, 1.807) is 0 Å². The van der Waals surface area contributed by atoms with Crippen LogP contribution in [-0.2, 0) is 0 Å². The normalized spacial score (nSPS) is 19.1. The number of rotatable bonds is 4. The predicted molar refractivity (Wildman–Crippen MR) is 107 cm³/mol. The van der Waals surface area contributed by atoms with E-state index in [0.29, 0.717) is 5.92 Å². The first-order valence-corrected chi connectivity index (χ1v) is 11.5. The number of allylic oxidation sites excluding steroid dienone is 2.